The van der Waals surface area contributed by atoms with Crippen LogP contribution in [0.25, 0.3) is 5.69 Å². The van der Waals surface area contributed by atoms with Crippen LogP contribution in [0.3, 0.4) is 0 Å². The van der Waals surface area contributed by atoms with E-state index in [0.717, 1.165) is 61.8 Å². The zero-order valence-corrected chi connectivity index (χ0v) is 21.6. The quantitative estimate of drug-likeness (QED) is 0.531. The Bertz CT molecular complexity index is 1330. The fraction of sp³-hybridized carbons (Fsp3) is 0.345. The monoisotopic (exact) mass is 496 g/mol. The van der Waals surface area contributed by atoms with Crippen LogP contribution in [-0.4, -0.2) is 60.1 Å². The maximum Gasteiger partial charge on any atom is 0.239 e. The van der Waals surface area contributed by atoms with Gasteiger partial charge >= 0.3 is 0 Å². The summed E-state index contributed by atoms with van der Waals surface area (Å²) in [6, 6.07) is 19.7. The van der Waals surface area contributed by atoms with Crippen LogP contribution in [-0.2, 0) is 11.3 Å². The molecule has 0 saturated carbocycles. The zero-order valence-electron chi connectivity index (χ0n) is 21.6. The normalized spacial score (nSPS) is 14.4. The number of hydrogen-bond acceptors (Lipinski definition) is 6. The number of aromatic nitrogens is 1. The molecule has 1 aliphatic rings. The molecule has 1 N–H and O–H groups in total. The molecule has 0 bridgehead atoms. The molecular formula is C29H32N6O2. The van der Waals surface area contributed by atoms with Gasteiger partial charge in [-0.25, -0.2) is 0 Å². The van der Waals surface area contributed by atoms with Gasteiger partial charge in [-0.1, -0.05) is 12.1 Å². The fourth-order valence-corrected chi connectivity index (χ4v) is 4.77. The fourth-order valence-electron chi connectivity index (χ4n) is 4.77. The minimum Gasteiger partial charge on any atom is -0.497 e. The molecule has 37 heavy (non-hydrogen) atoms. The second kappa shape index (κ2) is 11.7. The van der Waals surface area contributed by atoms with Gasteiger partial charge in [0, 0.05) is 31.0 Å². The van der Waals surface area contributed by atoms with Crippen molar-refractivity contribution in [1.82, 2.24) is 14.4 Å². The summed E-state index contributed by atoms with van der Waals surface area (Å²) in [7, 11) is 1.62. The van der Waals surface area contributed by atoms with E-state index >= 15 is 0 Å². The Labute approximate surface area is 218 Å². The Morgan fingerprint density at radius 1 is 0.946 bits per heavy atom. The van der Waals surface area contributed by atoms with E-state index in [2.05, 4.69) is 27.3 Å². The molecule has 2 heterocycles. The Morgan fingerprint density at radius 2 is 1.62 bits per heavy atom. The van der Waals surface area contributed by atoms with Crippen molar-refractivity contribution in [2.45, 2.75) is 26.8 Å². The summed E-state index contributed by atoms with van der Waals surface area (Å²) in [5.74, 6) is 1.11. The van der Waals surface area contributed by atoms with Gasteiger partial charge in [0.1, 0.15) is 17.6 Å². The number of methoxy groups -OCH3 is 1. The Balaban J connectivity index is 1.42. The number of carbonyl (C=O) groups excluding carboxylic acids is 1. The molecule has 0 aliphatic carbocycles. The van der Waals surface area contributed by atoms with E-state index in [4.69, 9.17) is 10.00 Å². The van der Waals surface area contributed by atoms with Crippen molar-refractivity contribution in [2.75, 3.05) is 45.2 Å². The van der Waals surface area contributed by atoms with Gasteiger partial charge < -0.3 is 10.1 Å². The van der Waals surface area contributed by atoms with Crippen LogP contribution in [0.4, 0.5) is 5.82 Å². The van der Waals surface area contributed by atoms with Crippen molar-refractivity contribution >= 4 is 11.7 Å². The van der Waals surface area contributed by atoms with Crippen molar-refractivity contribution in [2.24, 2.45) is 0 Å². The average molecular weight is 497 g/mol. The first kappa shape index (κ1) is 26.0. The topological polar surface area (TPSA) is 97.3 Å². The predicted octanol–water partition coefficient (Wildman–Crippen LogP) is 3.99. The lowest BCUT2D eigenvalue weighted by atomic mass is 10.1. The van der Waals surface area contributed by atoms with Crippen LogP contribution >= 0.6 is 0 Å². The molecule has 190 valence electrons. The summed E-state index contributed by atoms with van der Waals surface area (Å²) < 4.78 is 7.20. The molecular weight excluding hydrogens is 464 g/mol. The number of hydrogen-bond donors (Lipinski definition) is 1. The standard InChI is InChI=1S/C29H32N6O2/c1-21-22(2)35(25-9-11-26(37-3)12-10-25)29(27(21)18-31)32-28(36)20-34-14-4-13-33(15-16-34)19-24-7-5-23(17-30)6-8-24/h5-12H,4,13-16,19-20H2,1-3H3,(H,32,36). The molecule has 0 radical (unpaired) electrons. The first-order valence-corrected chi connectivity index (χ1v) is 12.4. The van der Waals surface area contributed by atoms with E-state index < -0.39 is 0 Å². The van der Waals surface area contributed by atoms with Gasteiger partial charge in [-0.05, 0) is 80.9 Å². The van der Waals surface area contributed by atoms with Crippen LogP contribution in [0, 0.1) is 36.5 Å². The third kappa shape index (κ3) is 6.00. The molecule has 1 saturated heterocycles. The van der Waals surface area contributed by atoms with Crippen molar-refractivity contribution in [3.63, 3.8) is 0 Å². The number of nitrogens with zero attached hydrogens (tertiary/aromatic N) is 5. The summed E-state index contributed by atoms with van der Waals surface area (Å²) in [5.41, 5.74) is 4.93. The number of benzene rings is 2. The molecule has 1 aliphatic heterocycles. The van der Waals surface area contributed by atoms with Gasteiger partial charge in [0.05, 0.1) is 30.9 Å². The number of nitrogens with one attached hydrogen (secondary N) is 1. The van der Waals surface area contributed by atoms with Crippen LogP contribution in [0.2, 0.25) is 0 Å². The summed E-state index contributed by atoms with van der Waals surface area (Å²) in [6.45, 7) is 8.37. The van der Waals surface area contributed by atoms with E-state index in [1.807, 2.05) is 66.9 Å². The number of carbonyl (C=O) groups is 1. The lowest BCUT2D eigenvalue weighted by Crippen LogP contribution is -2.36. The molecule has 1 fully saturated rings. The highest BCUT2D eigenvalue weighted by Gasteiger charge is 2.23. The lowest BCUT2D eigenvalue weighted by molar-refractivity contribution is -0.117. The van der Waals surface area contributed by atoms with Gasteiger partial charge in [-0.3, -0.25) is 19.2 Å². The summed E-state index contributed by atoms with van der Waals surface area (Å²) in [4.78, 5) is 17.7. The van der Waals surface area contributed by atoms with E-state index in [-0.39, 0.29) is 12.5 Å². The minimum absolute atomic E-state index is 0.135. The second-order valence-corrected chi connectivity index (χ2v) is 9.34. The van der Waals surface area contributed by atoms with Gasteiger partial charge in [0.25, 0.3) is 0 Å². The van der Waals surface area contributed by atoms with Gasteiger partial charge in [0.15, 0.2) is 0 Å². The smallest absolute Gasteiger partial charge is 0.239 e. The molecule has 0 atom stereocenters. The van der Waals surface area contributed by atoms with Crippen LogP contribution in [0.5, 0.6) is 5.75 Å². The minimum atomic E-state index is -0.135. The zero-order chi connectivity index (χ0) is 26.4. The van der Waals surface area contributed by atoms with E-state index in [1.54, 1.807) is 7.11 Å². The van der Waals surface area contributed by atoms with Gasteiger partial charge in [-0.2, -0.15) is 10.5 Å². The maximum absolute atomic E-state index is 13.2. The molecule has 0 unspecified atom stereocenters. The third-order valence-electron chi connectivity index (χ3n) is 6.95. The Morgan fingerprint density at radius 3 is 2.27 bits per heavy atom. The van der Waals surface area contributed by atoms with Gasteiger partial charge in [0.2, 0.25) is 5.91 Å². The molecule has 0 spiro atoms. The van der Waals surface area contributed by atoms with Crippen LogP contribution in [0.1, 0.15) is 34.4 Å². The molecule has 8 heteroatoms. The molecule has 1 aromatic heterocycles. The van der Waals surface area contributed by atoms with Crippen LogP contribution < -0.4 is 10.1 Å². The Kier molecular flexibility index (Phi) is 8.25. The van der Waals surface area contributed by atoms with Crippen molar-refractivity contribution in [3.8, 4) is 23.6 Å². The molecule has 8 nitrogen and oxygen atoms in total. The highest BCUT2D eigenvalue weighted by atomic mass is 16.5. The molecule has 4 rings (SSSR count). The second-order valence-electron chi connectivity index (χ2n) is 9.34. The highest BCUT2D eigenvalue weighted by Crippen LogP contribution is 2.30. The number of amides is 1. The van der Waals surface area contributed by atoms with Crippen LogP contribution in [0.15, 0.2) is 48.5 Å². The summed E-state index contributed by atoms with van der Waals surface area (Å²) >= 11 is 0. The molecule has 1 amide bonds. The maximum atomic E-state index is 13.2. The van der Waals surface area contributed by atoms with E-state index in [0.29, 0.717) is 16.9 Å². The van der Waals surface area contributed by atoms with Crippen molar-refractivity contribution < 1.29 is 9.53 Å². The molecule has 2 aromatic carbocycles. The largest absolute Gasteiger partial charge is 0.497 e. The SMILES string of the molecule is COc1ccc(-n2c(C)c(C)c(C#N)c2NC(=O)CN2CCCN(Cc3ccc(C#N)cc3)CC2)cc1. The molecule has 3 aromatic rings. The first-order chi connectivity index (χ1) is 17.9. The number of anilines is 1. The predicted molar refractivity (Wildman–Crippen MR) is 143 cm³/mol. The van der Waals surface area contributed by atoms with Crippen molar-refractivity contribution in [3.05, 3.63) is 76.5 Å². The summed E-state index contributed by atoms with van der Waals surface area (Å²) in [5, 5.41) is 21.9. The number of nitriles is 2. The summed E-state index contributed by atoms with van der Waals surface area (Å²) in [6.07, 6.45) is 0.966. The Hall–Kier alpha value is -4.11. The number of rotatable bonds is 7. The third-order valence-corrected chi connectivity index (χ3v) is 6.95. The van der Waals surface area contributed by atoms with E-state index in [1.165, 1.54) is 5.56 Å². The lowest BCUT2D eigenvalue weighted by Gasteiger charge is -2.22. The van der Waals surface area contributed by atoms with Gasteiger partial charge in [-0.15, -0.1) is 0 Å². The average Bonchev–Trinajstić information content (AvgIpc) is 3.03. The van der Waals surface area contributed by atoms with E-state index in [9.17, 15) is 10.1 Å². The number of ether oxygens (including phenoxy) is 1. The highest BCUT2D eigenvalue weighted by molar-refractivity contribution is 5.93. The first-order valence-electron chi connectivity index (χ1n) is 12.4. The van der Waals surface area contributed by atoms with Crippen molar-refractivity contribution in [1.29, 1.82) is 10.5 Å².